The molecule has 0 unspecified atom stereocenters. The molecule has 86 valence electrons. The van der Waals surface area contributed by atoms with E-state index in [1.165, 1.54) is 0 Å². The summed E-state index contributed by atoms with van der Waals surface area (Å²) in [4.78, 5) is 14.5. The number of carbonyl (C=O) groups is 1. The van der Waals surface area contributed by atoms with E-state index in [-0.39, 0.29) is 23.0 Å². The summed E-state index contributed by atoms with van der Waals surface area (Å²) in [5, 5.41) is 1.00. The van der Waals surface area contributed by atoms with Gasteiger partial charge in [0.15, 0.2) is 0 Å². The number of hydrogen-bond acceptors (Lipinski definition) is 2. The topological polar surface area (TPSA) is 42.1 Å². The van der Waals surface area contributed by atoms with Crippen LogP contribution in [0.1, 0.15) is 17.4 Å². The fraction of sp³-hybridized carbons (Fsp3) is 0.182. The molecule has 0 bridgehead atoms. The molecular formula is C11H10BrFeNO2. The number of nitrogens with one attached hydrogen (secondary N) is 1. The number of ether oxygens (including phenoxy) is 1. The Bertz CT molecular complexity index is 510. The van der Waals surface area contributed by atoms with E-state index in [0.717, 1.165) is 15.4 Å². The summed E-state index contributed by atoms with van der Waals surface area (Å²) in [6, 6.07) is 7.60. The minimum absolute atomic E-state index is 0. The molecule has 0 atom stereocenters. The summed E-state index contributed by atoms with van der Waals surface area (Å²) in [6.07, 6.45) is 0. The van der Waals surface area contributed by atoms with Gasteiger partial charge in [0.1, 0.15) is 5.69 Å². The molecule has 2 rings (SSSR count). The van der Waals surface area contributed by atoms with Gasteiger partial charge in [-0.05, 0) is 25.1 Å². The Balaban J connectivity index is 0.00000128. The van der Waals surface area contributed by atoms with Crippen molar-refractivity contribution in [2.24, 2.45) is 0 Å². The van der Waals surface area contributed by atoms with Gasteiger partial charge in [0.05, 0.1) is 6.61 Å². The smallest absolute Gasteiger partial charge is 0.354 e. The van der Waals surface area contributed by atoms with E-state index >= 15 is 0 Å². The molecule has 3 nitrogen and oxygen atoms in total. The summed E-state index contributed by atoms with van der Waals surface area (Å²) in [6.45, 7) is 2.18. The second kappa shape index (κ2) is 5.53. The molecule has 2 aromatic rings. The number of aromatic nitrogens is 1. The number of aromatic amines is 1. The number of hydrogen-bond donors (Lipinski definition) is 1. The van der Waals surface area contributed by atoms with E-state index in [9.17, 15) is 4.79 Å². The third kappa shape index (κ3) is 2.67. The Morgan fingerprint density at radius 3 is 2.88 bits per heavy atom. The van der Waals surface area contributed by atoms with Gasteiger partial charge in [-0.15, -0.1) is 0 Å². The normalized spacial score (nSPS) is 9.88. The minimum Gasteiger partial charge on any atom is -0.461 e. The predicted molar refractivity (Wildman–Crippen MR) is 62.0 cm³/mol. The van der Waals surface area contributed by atoms with E-state index < -0.39 is 0 Å². The first-order valence-electron chi connectivity index (χ1n) is 4.66. The van der Waals surface area contributed by atoms with Crippen molar-refractivity contribution in [3.63, 3.8) is 0 Å². The van der Waals surface area contributed by atoms with Gasteiger partial charge in [-0.2, -0.15) is 0 Å². The van der Waals surface area contributed by atoms with Crippen LogP contribution in [-0.2, 0) is 21.8 Å². The number of benzene rings is 1. The van der Waals surface area contributed by atoms with Crippen LogP contribution in [-0.4, -0.2) is 17.6 Å². The Hall–Kier alpha value is -0.771. The number of H-pyrrole nitrogens is 1. The zero-order chi connectivity index (χ0) is 10.8. The van der Waals surface area contributed by atoms with Crippen LogP contribution >= 0.6 is 15.9 Å². The molecule has 1 N–H and O–H groups in total. The van der Waals surface area contributed by atoms with Gasteiger partial charge in [0, 0.05) is 32.4 Å². The van der Waals surface area contributed by atoms with Crippen LogP contribution in [0.15, 0.2) is 28.7 Å². The largest absolute Gasteiger partial charge is 0.461 e. The molecule has 1 aromatic carbocycles. The van der Waals surface area contributed by atoms with Crippen molar-refractivity contribution in [3.05, 3.63) is 34.4 Å². The predicted octanol–water partition coefficient (Wildman–Crippen LogP) is 3.10. The van der Waals surface area contributed by atoms with Gasteiger partial charge in [-0.3, -0.25) is 0 Å². The van der Waals surface area contributed by atoms with Gasteiger partial charge in [0.25, 0.3) is 0 Å². The third-order valence-electron chi connectivity index (χ3n) is 2.08. The first-order chi connectivity index (χ1) is 7.20. The summed E-state index contributed by atoms with van der Waals surface area (Å²) >= 11 is 3.37. The molecular weight excluding hydrogens is 314 g/mol. The van der Waals surface area contributed by atoms with Gasteiger partial charge in [-0.1, -0.05) is 22.0 Å². The first kappa shape index (κ1) is 13.3. The maximum atomic E-state index is 11.4. The number of halogens is 1. The molecule has 0 saturated heterocycles. The second-order valence-electron chi connectivity index (χ2n) is 3.14. The van der Waals surface area contributed by atoms with Gasteiger partial charge in [-0.25, -0.2) is 4.79 Å². The van der Waals surface area contributed by atoms with Crippen molar-refractivity contribution in [1.82, 2.24) is 4.98 Å². The van der Waals surface area contributed by atoms with Gasteiger partial charge in [0.2, 0.25) is 0 Å². The Labute approximate surface area is 112 Å². The average molecular weight is 324 g/mol. The molecule has 1 aromatic heterocycles. The molecule has 0 radical (unpaired) electrons. The monoisotopic (exact) mass is 323 g/mol. The van der Waals surface area contributed by atoms with Crippen LogP contribution in [0.5, 0.6) is 0 Å². The number of carbonyl (C=O) groups excluding carboxylic acids is 1. The van der Waals surface area contributed by atoms with Crippen LogP contribution in [0.4, 0.5) is 0 Å². The standard InChI is InChI=1S/C11H10BrNO2.Fe/c1-2-15-11(14)10-5-7-3-4-8(12)6-9(7)13-10;/h3-6,13H,2H2,1H3;. The maximum Gasteiger partial charge on any atom is 0.354 e. The van der Waals surface area contributed by atoms with Crippen LogP contribution < -0.4 is 0 Å². The number of fused-ring (bicyclic) bond motifs is 1. The number of rotatable bonds is 2. The molecule has 0 aliphatic heterocycles. The number of esters is 1. The molecule has 5 heteroatoms. The minimum atomic E-state index is -0.315. The van der Waals surface area contributed by atoms with Crippen molar-refractivity contribution in [1.29, 1.82) is 0 Å². The van der Waals surface area contributed by atoms with Crippen LogP contribution in [0, 0.1) is 0 Å². The van der Waals surface area contributed by atoms with Crippen molar-refractivity contribution in [2.45, 2.75) is 6.92 Å². The average Bonchev–Trinajstić information content (AvgIpc) is 2.60. The summed E-state index contributed by atoms with van der Waals surface area (Å²) in [5.41, 5.74) is 1.41. The van der Waals surface area contributed by atoms with E-state index in [4.69, 9.17) is 4.74 Å². The molecule has 16 heavy (non-hydrogen) atoms. The Morgan fingerprint density at radius 2 is 2.19 bits per heavy atom. The molecule has 0 spiro atoms. The van der Waals surface area contributed by atoms with Crippen LogP contribution in [0.2, 0.25) is 0 Å². The van der Waals surface area contributed by atoms with E-state index in [0.29, 0.717) is 12.3 Å². The summed E-state index contributed by atoms with van der Waals surface area (Å²) < 4.78 is 5.88. The molecule has 0 aliphatic rings. The van der Waals surface area contributed by atoms with E-state index in [2.05, 4.69) is 20.9 Å². The first-order valence-corrected chi connectivity index (χ1v) is 5.45. The van der Waals surface area contributed by atoms with E-state index in [1.54, 1.807) is 13.0 Å². The summed E-state index contributed by atoms with van der Waals surface area (Å²) in [7, 11) is 0. The van der Waals surface area contributed by atoms with E-state index in [1.807, 2.05) is 18.2 Å². The van der Waals surface area contributed by atoms with Crippen LogP contribution in [0.3, 0.4) is 0 Å². The quantitative estimate of drug-likeness (QED) is 0.681. The Kier molecular flexibility index (Phi) is 4.59. The molecule has 1 heterocycles. The van der Waals surface area contributed by atoms with Crippen molar-refractivity contribution < 1.29 is 26.6 Å². The summed E-state index contributed by atoms with van der Waals surface area (Å²) in [5.74, 6) is -0.315. The molecule has 0 aliphatic carbocycles. The maximum absolute atomic E-state index is 11.4. The molecule has 0 fully saturated rings. The molecule has 0 amide bonds. The van der Waals surface area contributed by atoms with Gasteiger partial charge >= 0.3 is 5.97 Å². The zero-order valence-electron chi connectivity index (χ0n) is 8.56. The fourth-order valence-corrected chi connectivity index (χ4v) is 1.78. The SMILES string of the molecule is CCOC(=O)c1cc2ccc(Br)cc2[nH]1.[Fe]. The fourth-order valence-electron chi connectivity index (χ4n) is 1.42. The Morgan fingerprint density at radius 1 is 1.44 bits per heavy atom. The van der Waals surface area contributed by atoms with Crippen molar-refractivity contribution >= 4 is 32.8 Å². The van der Waals surface area contributed by atoms with Crippen LogP contribution in [0.25, 0.3) is 10.9 Å². The zero-order valence-corrected chi connectivity index (χ0v) is 11.3. The van der Waals surface area contributed by atoms with Crippen molar-refractivity contribution in [2.75, 3.05) is 6.61 Å². The van der Waals surface area contributed by atoms with Crippen molar-refractivity contribution in [3.8, 4) is 0 Å². The second-order valence-corrected chi connectivity index (χ2v) is 4.05. The van der Waals surface area contributed by atoms with Gasteiger partial charge < -0.3 is 9.72 Å². The third-order valence-corrected chi connectivity index (χ3v) is 2.57. The molecule has 0 saturated carbocycles.